The topological polar surface area (TPSA) is 38.9 Å². The summed E-state index contributed by atoms with van der Waals surface area (Å²) in [6.07, 6.45) is 5.86. The van der Waals surface area contributed by atoms with Crippen molar-refractivity contribution in [1.82, 2.24) is 4.98 Å². The molecule has 2 N–H and O–H groups in total. The lowest BCUT2D eigenvalue weighted by atomic mass is 9.89. The number of para-hydroxylation sites is 1. The number of benzene rings is 1. The second kappa shape index (κ2) is 4.69. The zero-order valence-corrected chi connectivity index (χ0v) is 11.0. The fraction of sp³-hybridized carbons (Fsp3) is 0.438. The Labute approximate surface area is 108 Å². The Morgan fingerprint density at radius 1 is 1.22 bits per heavy atom. The van der Waals surface area contributed by atoms with Crippen LogP contribution in [0, 0.1) is 0 Å². The smallest absolute Gasteiger partial charge is 0.0740 e. The molecule has 0 aliphatic heterocycles. The summed E-state index contributed by atoms with van der Waals surface area (Å²) in [4.78, 5) is 4.94. The zero-order chi connectivity index (χ0) is 12.5. The van der Waals surface area contributed by atoms with Crippen LogP contribution in [0.5, 0.6) is 0 Å². The van der Waals surface area contributed by atoms with Crippen molar-refractivity contribution in [3.63, 3.8) is 0 Å². The molecular formula is C16H20N2. The summed E-state index contributed by atoms with van der Waals surface area (Å²) < 4.78 is 0. The molecular weight excluding hydrogens is 220 g/mol. The number of nitrogens with two attached hydrogens (primary N) is 1. The lowest BCUT2D eigenvalue weighted by Gasteiger charge is -2.21. The highest BCUT2D eigenvalue weighted by Crippen LogP contribution is 2.30. The molecule has 0 saturated heterocycles. The van der Waals surface area contributed by atoms with Gasteiger partial charge in [-0.15, -0.1) is 0 Å². The van der Waals surface area contributed by atoms with E-state index in [0.717, 1.165) is 19.3 Å². The van der Waals surface area contributed by atoms with Gasteiger partial charge in [0.2, 0.25) is 0 Å². The Kier molecular flexibility index (Phi) is 3.04. The molecule has 0 bridgehead atoms. The van der Waals surface area contributed by atoms with Crippen LogP contribution in [0.15, 0.2) is 18.2 Å². The molecule has 0 radical (unpaired) electrons. The van der Waals surface area contributed by atoms with Gasteiger partial charge in [0.05, 0.1) is 5.52 Å². The van der Waals surface area contributed by atoms with E-state index in [1.54, 1.807) is 0 Å². The first kappa shape index (κ1) is 11.7. The van der Waals surface area contributed by atoms with Gasteiger partial charge in [0, 0.05) is 17.6 Å². The van der Waals surface area contributed by atoms with E-state index in [0.29, 0.717) is 6.54 Å². The van der Waals surface area contributed by atoms with Crippen molar-refractivity contribution in [1.29, 1.82) is 0 Å². The van der Waals surface area contributed by atoms with Gasteiger partial charge in [-0.2, -0.15) is 0 Å². The first-order valence-electron chi connectivity index (χ1n) is 6.97. The van der Waals surface area contributed by atoms with Crippen LogP contribution in [0.25, 0.3) is 10.9 Å². The predicted molar refractivity (Wildman–Crippen MR) is 75.7 cm³/mol. The highest BCUT2D eigenvalue weighted by atomic mass is 14.7. The van der Waals surface area contributed by atoms with Gasteiger partial charge < -0.3 is 5.73 Å². The molecule has 0 amide bonds. The van der Waals surface area contributed by atoms with Crippen LogP contribution < -0.4 is 5.73 Å². The molecule has 1 aromatic heterocycles. The summed E-state index contributed by atoms with van der Waals surface area (Å²) in [6, 6.07) is 6.50. The van der Waals surface area contributed by atoms with Crippen molar-refractivity contribution in [2.45, 2.75) is 45.6 Å². The van der Waals surface area contributed by atoms with Gasteiger partial charge in [-0.05, 0) is 48.8 Å². The summed E-state index contributed by atoms with van der Waals surface area (Å²) in [5, 5.41) is 1.28. The Morgan fingerprint density at radius 2 is 2.06 bits per heavy atom. The largest absolute Gasteiger partial charge is 0.326 e. The van der Waals surface area contributed by atoms with E-state index < -0.39 is 0 Å². The predicted octanol–water partition coefficient (Wildman–Crippen LogP) is 3.13. The number of nitrogens with zero attached hydrogens (tertiary/aromatic N) is 1. The van der Waals surface area contributed by atoms with Gasteiger partial charge in [-0.25, -0.2) is 0 Å². The number of fused-ring (bicyclic) bond motifs is 2. The quantitative estimate of drug-likeness (QED) is 0.876. The molecule has 0 unspecified atom stereocenters. The zero-order valence-electron chi connectivity index (χ0n) is 11.0. The molecule has 1 aliphatic carbocycles. The van der Waals surface area contributed by atoms with Crippen LogP contribution in [0.3, 0.4) is 0 Å². The second-order valence-electron chi connectivity index (χ2n) is 5.09. The number of aryl methyl sites for hydroxylation is 2. The third-order valence-electron chi connectivity index (χ3n) is 4.08. The SMILES string of the molecule is CCc1cccc2c(CN)c3c(nc12)CCCC3. The highest BCUT2D eigenvalue weighted by Gasteiger charge is 2.17. The van der Waals surface area contributed by atoms with Crippen molar-refractivity contribution in [3.05, 3.63) is 40.6 Å². The van der Waals surface area contributed by atoms with E-state index >= 15 is 0 Å². The molecule has 2 aromatic rings. The molecule has 1 aromatic carbocycles. The Morgan fingerprint density at radius 3 is 2.83 bits per heavy atom. The first-order chi connectivity index (χ1) is 8.85. The summed E-state index contributed by atoms with van der Waals surface area (Å²) in [5.74, 6) is 0. The minimum atomic E-state index is 0.633. The lowest BCUT2D eigenvalue weighted by Crippen LogP contribution is -2.13. The molecule has 1 aliphatic rings. The number of hydrogen-bond acceptors (Lipinski definition) is 2. The Balaban J connectivity index is 2.36. The molecule has 18 heavy (non-hydrogen) atoms. The average molecular weight is 240 g/mol. The van der Waals surface area contributed by atoms with Crippen molar-refractivity contribution in [3.8, 4) is 0 Å². The monoisotopic (exact) mass is 240 g/mol. The molecule has 0 fully saturated rings. The van der Waals surface area contributed by atoms with E-state index in [4.69, 9.17) is 10.7 Å². The van der Waals surface area contributed by atoms with E-state index in [1.165, 1.54) is 46.1 Å². The fourth-order valence-corrected chi connectivity index (χ4v) is 3.12. The third-order valence-corrected chi connectivity index (χ3v) is 4.08. The Bertz CT molecular complexity index is 587. The van der Waals surface area contributed by atoms with Crippen LogP contribution in [0.4, 0.5) is 0 Å². The summed E-state index contributed by atoms with van der Waals surface area (Å²) in [6.45, 7) is 2.83. The summed E-state index contributed by atoms with van der Waals surface area (Å²) >= 11 is 0. The summed E-state index contributed by atoms with van der Waals surface area (Å²) in [5.41, 5.74) is 12.6. The normalized spacial score (nSPS) is 14.8. The van der Waals surface area contributed by atoms with Crippen molar-refractivity contribution in [2.75, 3.05) is 0 Å². The first-order valence-corrected chi connectivity index (χ1v) is 6.97. The van der Waals surface area contributed by atoms with Crippen molar-refractivity contribution < 1.29 is 0 Å². The Hall–Kier alpha value is -1.41. The molecule has 2 heteroatoms. The maximum Gasteiger partial charge on any atom is 0.0740 e. The van der Waals surface area contributed by atoms with Gasteiger partial charge in [-0.1, -0.05) is 25.1 Å². The third kappa shape index (κ3) is 1.72. The van der Waals surface area contributed by atoms with E-state index in [9.17, 15) is 0 Å². The van der Waals surface area contributed by atoms with E-state index in [1.807, 2.05) is 0 Å². The van der Waals surface area contributed by atoms with Crippen molar-refractivity contribution >= 4 is 10.9 Å². The van der Waals surface area contributed by atoms with Gasteiger partial charge in [0.15, 0.2) is 0 Å². The minimum absolute atomic E-state index is 0.633. The maximum absolute atomic E-state index is 6.00. The van der Waals surface area contributed by atoms with Crippen LogP contribution in [-0.2, 0) is 25.8 Å². The molecule has 2 nitrogen and oxygen atoms in total. The van der Waals surface area contributed by atoms with Crippen molar-refractivity contribution in [2.24, 2.45) is 5.73 Å². The number of pyridine rings is 1. The second-order valence-corrected chi connectivity index (χ2v) is 5.09. The van der Waals surface area contributed by atoms with E-state index in [-0.39, 0.29) is 0 Å². The van der Waals surface area contributed by atoms with Crippen LogP contribution in [-0.4, -0.2) is 4.98 Å². The van der Waals surface area contributed by atoms with E-state index in [2.05, 4.69) is 25.1 Å². The molecule has 0 saturated carbocycles. The highest BCUT2D eigenvalue weighted by molar-refractivity contribution is 5.86. The van der Waals surface area contributed by atoms with Crippen LogP contribution in [0.2, 0.25) is 0 Å². The average Bonchev–Trinajstić information content (AvgIpc) is 2.44. The molecule has 3 rings (SSSR count). The number of hydrogen-bond donors (Lipinski definition) is 1. The van der Waals surface area contributed by atoms with Gasteiger partial charge >= 0.3 is 0 Å². The minimum Gasteiger partial charge on any atom is -0.326 e. The molecule has 94 valence electrons. The standard InChI is InChI=1S/C16H20N2/c1-2-11-6-5-8-13-14(10-17)12-7-3-4-9-15(12)18-16(11)13/h5-6,8H,2-4,7,9-10,17H2,1H3. The number of rotatable bonds is 2. The van der Waals surface area contributed by atoms with Gasteiger partial charge in [0.1, 0.15) is 0 Å². The summed E-state index contributed by atoms with van der Waals surface area (Å²) in [7, 11) is 0. The van der Waals surface area contributed by atoms with Gasteiger partial charge in [-0.3, -0.25) is 4.98 Å². The van der Waals surface area contributed by atoms with Crippen LogP contribution in [0.1, 0.15) is 42.1 Å². The molecule has 0 spiro atoms. The fourth-order valence-electron chi connectivity index (χ4n) is 3.12. The molecule has 1 heterocycles. The van der Waals surface area contributed by atoms with Crippen LogP contribution >= 0.6 is 0 Å². The number of aromatic nitrogens is 1. The van der Waals surface area contributed by atoms with Gasteiger partial charge in [0.25, 0.3) is 0 Å². The maximum atomic E-state index is 6.00. The molecule has 0 atom stereocenters. The lowest BCUT2D eigenvalue weighted by molar-refractivity contribution is 0.664.